The monoisotopic (exact) mass is 456 g/mol. The van der Waals surface area contributed by atoms with Crippen LogP contribution in [-0.4, -0.2) is 77.9 Å². The molecule has 2 aromatic carbocycles. The van der Waals surface area contributed by atoms with Crippen LogP contribution in [-0.2, 0) is 11.2 Å². The number of amides is 1. The Morgan fingerprint density at radius 2 is 1.39 bits per heavy atom. The van der Waals surface area contributed by atoms with Gasteiger partial charge in [0.05, 0.1) is 28.4 Å². The number of nitrogens with zero attached hydrogens (tertiary/aromatic N) is 2. The first-order valence-electron chi connectivity index (χ1n) is 11.0. The van der Waals surface area contributed by atoms with Gasteiger partial charge in [0.2, 0.25) is 5.91 Å². The van der Waals surface area contributed by atoms with Crippen LogP contribution in [0.15, 0.2) is 42.5 Å². The number of rotatable bonds is 13. The maximum Gasteiger partial charge on any atom is 0.246 e. The van der Waals surface area contributed by atoms with Gasteiger partial charge in [-0.3, -0.25) is 4.79 Å². The quantitative estimate of drug-likeness (QED) is 0.428. The molecule has 0 aliphatic heterocycles. The van der Waals surface area contributed by atoms with Crippen molar-refractivity contribution in [2.75, 3.05) is 62.2 Å². The fourth-order valence-corrected chi connectivity index (χ4v) is 3.41. The predicted octanol–water partition coefficient (Wildman–Crippen LogP) is 3.76. The third kappa shape index (κ3) is 8.02. The Hall–Kier alpha value is -3.19. The maximum absolute atomic E-state index is 12.4. The van der Waals surface area contributed by atoms with Crippen LogP contribution in [0.5, 0.6) is 23.0 Å². The van der Waals surface area contributed by atoms with Crippen LogP contribution in [0.1, 0.15) is 17.5 Å². The van der Waals surface area contributed by atoms with Crippen LogP contribution in [0.4, 0.5) is 0 Å². The van der Waals surface area contributed by atoms with Gasteiger partial charge in [-0.2, -0.15) is 0 Å². The highest BCUT2D eigenvalue weighted by molar-refractivity contribution is 5.91. The molecule has 0 aliphatic rings. The van der Waals surface area contributed by atoms with E-state index in [0.29, 0.717) is 18.0 Å². The van der Waals surface area contributed by atoms with Crippen LogP contribution in [0.25, 0.3) is 6.08 Å². The molecule has 7 nitrogen and oxygen atoms in total. The van der Waals surface area contributed by atoms with E-state index in [1.165, 1.54) is 5.56 Å². The average molecular weight is 457 g/mol. The van der Waals surface area contributed by atoms with Crippen molar-refractivity contribution in [3.63, 3.8) is 0 Å². The van der Waals surface area contributed by atoms with Gasteiger partial charge in [0.1, 0.15) is 0 Å². The summed E-state index contributed by atoms with van der Waals surface area (Å²) in [7, 11) is 10.4. The summed E-state index contributed by atoms with van der Waals surface area (Å²) in [6.45, 7) is 2.52. The minimum Gasteiger partial charge on any atom is -0.493 e. The van der Waals surface area contributed by atoms with Gasteiger partial charge < -0.3 is 28.7 Å². The van der Waals surface area contributed by atoms with Crippen molar-refractivity contribution in [3.8, 4) is 23.0 Å². The molecule has 0 aromatic heterocycles. The van der Waals surface area contributed by atoms with Crippen molar-refractivity contribution < 1.29 is 23.7 Å². The Morgan fingerprint density at radius 1 is 0.788 bits per heavy atom. The van der Waals surface area contributed by atoms with E-state index in [-0.39, 0.29) is 5.91 Å². The van der Waals surface area contributed by atoms with Crippen LogP contribution in [0.2, 0.25) is 0 Å². The molecule has 0 saturated heterocycles. The van der Waals surface area contributed by atoms with Crippen molar-refractivity contribution in [2.45, 2.75) is 12.8 Å². The van der Waals surface area contributed by atoms with Gasteiger partial charge in [-0.25, -0.2) is 0 Å². The molecule has 33 heavy (non-hydrogen) atoms. The van der Waals surface area contributed by atoms with Crippen LogP contribution in [0, 0.1) is 0 Å². The van der Waals surface area contributed by atoms with Crippen molar-refractivity contribution in [1.82, 2.24) is 9.80 Å². The van der Waals surface area contributed by atoms with Crippen molar-refractivity contribution >= 4 is 12.0 Å². The van der Waals surface area contributed by atoms with Crippen LogP contribution >= 0.6 is 0 Å². The molecule has 0 radical (unpaired) electrons. The van der Waals surface area contributed by atoms with E-state index in [9.17, 15) is 4.79 Å². The van der Waals surface area contributed by atoms with Gasteiger partial charge in [0, 0.05) is 26.2 Å². The number of hydrogen-bond acceptors (Lipinski definition) is 6. The lowest BCUT2D eigenvalue weighted by atomic mass is 10.1. The summed E-state index contributed by atoms with van der Waals surface area (Å²) in [5.41, 5.74) is 2.08. The number of likely N-dealkylation sites (N-methyl/N-ethyl adjacent to an activating group) is 2. The number of benzene rings is 2. The summed E-state index contributed by atoms with van der Waals surface area (Å²) < 4.78 is 21.2. The largest absolute Gasteiger partial charge is 0.493 e. The van der Waals surface area contributed by atoms with Crippen molar-refractivity contribution in [3.05, 3.63) is 53.6 Å². The van der Waals surface area contributed by atoms with E-state index in [0.717, 1.165) is 43.0 Å². The molecule has 0 atom stereocenters. The minimum atomic E-state index is -0.0298. The summed E-state index contributed by atoms with van der Waals surface area (Å²) in [6.07, 6.45) is 5.19. The SMILES string of the molecule is COc1ccc(/C=C/C(=O)N(C)CCCN(C)CCc2ccc(OC)c(OC)c2)cc1OC. The zero-order valence-corrected chi connectivity index (χ0v) is 20.6. The molecule has 1 amide bonds. The van der Waals surface area contributed by atoms with Gasteiger partial charge in [-0.15, -0.1) is 0 Å². The molecule has 0 spiro atoms. The lowest BCUT2D eigenvalue weighted by Crippen LogP contribution is -2.30. The third-order valence-corrected chi connectivity index (χ3v) is 5.47. The Morgan fingerprint density at radius 3 is 2.03 bits per heavy atom. The average Bonchev–Trinajstić information content (AvgIpc) is 2.85. The first kappa shape index (κ1) is 26.1. The minimum absolute atomic E-state index is 0.0298. The lowest BCUT2D eigenvalue weighted by Gasteiger charge is -2.20. The predicted molar refractivity (Wildman–Crippen MR) is 132 cm³/mol. The lowest BCUT2D eigenvalue weighted by molar-refractivity contribution is -0.124. The second-order valence-electron chi connectivity index (χ2n) is 7.80. The van der Waals surface area contributed by atoms with Gasteiger partial charge >= 0.3 is 0 Å². The number of methoxy groups -OCH3 is 4. The summed E-state index contributed by atoms with van der Waals surface area (Å²) >= 11 is 0. The molecule has 0 heterocycles. The molecular formula is C26H36N2O5. The maximum atomic E-state index is 12.4. The highest BCUT2D eigenvalue weighted by Crippen LogP contribution is 2.28. The molecule has 0 fully saturated rings. The number of carbonyl (C=O) groups is 1. The van der Waals surface area contributed by atoms with Gasteiger partial charge in [0.15, 0.2) is 23.0 Å². The molecule has 2 rings (SSSR count). The normalized spacial score (nSPS) is 11.0. The first-order chi connectivity index (χ1) is 15.9. The standard InChI is InChI=1S/C26H36N2O5/c1-27(17-14-21-9-12-23(31-4)25(19-21)33-6)15-7-16-28(2)26(29)13-10-20-8-11-22(30-3)24(18-20)32-5/h8-13,18-19H,7,14-17H2,1-6H3/b13-10+. The molecular weight excluding hydrogens is 420 g/mol. The zero-order valence-electron chi connectivity index (χ0n) is 20.6. The number of hydrogen-bond donors (Lipinski definition) is 0. The highest BCUT2D eigenvalue weighted by Gasteiger charge is 2.08. The van der Waals surface area contributed by atoms with E-state index < -0.39 is 0 Å². The third-order valence-electron chi connectivity index (χ3n) is 5.47. The van der Waals surface area contributed by atoms with Gasteiger partial charge in [0.25, 0.3) is 0 Å². The van der Waals surface area contributed by atoms with E-state index in [4.69, 9.17) is 18.9 Å². The van der Waals surface area contributed by atoms with Crippen LogP contribution < -0.4 is 18.9 Å². The van der Waals surface area contributed by atoms with E-state index in [2.05, 4.69) is 18.0 Å². The van der Waals surface area contributed by atoms with E-state index in [1.807, 2.05) is 37.4 Å². The zero-order chi connectivity index (χ0) is 24.2. The van der Waals surface area contributed by atoms with Crippen LogP contribution in [0.3, 0.4) is 0 Å². The van der Waals surface area contributed by atoms with E-state index in [1.54, 1.807) is 45.5 Å². The highest BCUT2D eigenvalue weighted by atomic mass is 16.5. The molecule has 180 valence electrons. The first-order valence-corrected chi connectivity index (χ1v) is 11.0. The molecule has 0 unspecified atom stereocenters. The topological polar surface area (TPSA) is 60.5 Å². The van der Waals surface area contributed by atoms with Crippen molar-refractivity contribution in [1.29, 1.82) is 0 Å². The fourth-order valence-electron chi connectivity index (χ4n) is 3.41. The molecule has 0 N–H and O–H groups in total. The van der Waals surface area contributed by atoms with Gasteiger partial charge in [-0.1, -0.05) is 12.1 Å². The molecule has 7 heteroatoms. The Labute approximate surface area is 197 Å². The summed E-state index contributed by atoms with van der Waals surface area (Å²) in [6, 6.07) is 11.6. The summed E-state index contributed by atoms with van der Waals surface area (Å²) in [4.78, 5) is 16.4. The number of carbonyl (C=O) groups excluding carboxylic acids is 1. The second-order valence-corrected chi connectivity index (χ2v) is 7.80. The fraction of sp³-hybridized carbons (Fsp3) is 0.423. The summed E-state index contributed by atoms with van der Waals surface area (Å²) in [5, 5.41) is 0. The van der Waals surface area contributed by atoms with Crippen molar-refractivity contribution in [2.24, 2.45) is 0 Å². The second kappa shape index (κ2) is 13.4. The Kier molecular flexibility index (Phi) is 10.6. The molecule has 0 bridgehead atoms. The summed E-state index contributed by atoms with van der Waals surface area (Å²) in [5.74, 6) is 2.75. The smallest absolute Gasteiger partial charge is 0.246 e. The van der Waals surface area contributed by atoms with Gasteiger partial charge in [-0.05, 0) is 67.9 Å². The Bertz CT molecular complexity index is 929. The molecule has 0 saturated carbocycles. The Balaban J connectivity index is 1.76. The molecule has 2 aromatic rings. The number of ether oxygens (including phenoxy) is 4. The molecule has 0 aliphatic carbocycles. The van der Waals surface area contributed by atoms with E-state index >= 15 is 0 Å².